The lowest BCUT2D eigenvalue weighted by molar-refractivity contribution is -0.141. The predicted octanol–water partition coefficient (Wildman–Crippen LogP) is 0.337. The molecular formula is C15H16N4O4. The van der Waals surface area contributed by atoms with Crippen LogP contribution < -0.4 is 5.32 Å². The van der Waals surface area contributed by atoms with Crippen LogP contribution in [0.15, 0.2) is 30.5 Å². The lowest BCUT2D eigenvalue weighted by Gasteiger charge is -2.07. The molecule has 1 saturated heterocycles. The molecule has 1 fully saturated rings. The van der Waals surface area contributed by atoms with Crippen LogP contribution in [0.5, 0.6) is 5.75 Å². The zero-order chi connectivity index (χ0) is 16.2. The normalized spacial score (nSPS) is 17.0. The third kappa shape index (κ3) is 3.65. The largest absolute Gasteiger partial charge is 0.508 e. The molecule has 1 aliphatic rings. The van der Waals surface area contributed by atoms with E-state index in [9.17, 15) is 14.7 Å². The van der Waals surface area contributed by atoms with Gasteiger partial charge in [-0.05, 0) is 24.3 Å². The van der Waals surface area contributed by atoms with E-state index in [2.05, 4.69) is 15.6 Å². The Kier molecular flexibility index (Phi) is 4.22. The first kappa shape index (κ1) is 15.0. The summed E-state index contributed by atoms with van der Waals surface area (Å²) < 4.78 is 6.36. The van der Waals surface area contributed by atoms with E-state index in [0.29, 0.717) is 25.1 Å². The van der Waals surface area contributed by atoms with Crippen molar-refractivity contribution in [2.75, 3.05) is 6.61 Å². The maximum Gasteiger partial charge on any atom is 0.328 e. The lowest BCUT2D eigenvalue weighted by Crippen LogP contribution is -2.38. The number of rotatable bonds is 5. The Morgan fingerprint density at radius 2 is 2.17 bits per heavy atom. The van der Waals surface area contributed by atoms with Gasteiger partial charge in [-0.1, -0.05) is 5.21 Å². The molecule has 0 aliphatic carbocycles. The van der Waals surface area contributed by atoms with Gasteiger partial charge in [0, 0.05) is 19.3 Å². The number of carbonyl (C=O) groups is 2. The first-order valence-electron chi connectivity index (χ1n) is 7.28. The van der Waals surface area contributed by atoms with E-state index < -0.39 is 6.04 Å². The highest BCUT2D eigenvalue weighted by atomic mass is 16.5. The van der Waals surface area contributed by atoms with Crippen LogP contribution in [-0.2, 0) is 20.7 Å². The van der Waals surface area contributed by atoms with Gasteiger partial charge in [0.25, 0.3) is 0 Å². The molecule has 3 rings (SSSR count). The average molecular weight is 316 g/mol. The number of ether oxygens (including phenoxy) is 1. The van der Waals surface area contributed by atoms with Crippen LogP contribution in [0.4, 0.5) is 0 Å². The van der Waals surface area contributed by atoms with Gasteiger partial charge in [-0.15, -0.1) is 5.10 Å². The van der Waals surface area contributed by atoms with Crippen LogP contribution in [0.1, 0.15) is 18.5 Å². The number of amides is 1. The minimum Gasteiger partial charge on any atom is -0.508 e. The molecule has 2 heterocycles. The third-order valence-corrected chi connectivity index (χ3v) is 3.53. The number of esters is 1. The fraction of sp³-hybridized carbons (Fsp3) is 0.333. The molecule has 1 aromatic heterocycles. The van der Waals surface area contributed by atoms with Crippen LogP contribution >= 0.6 is 0 Å². The van der Waals surface area contributed by atoms with Crippen molar-refractivity contribution in [2.24, 2.45) is 0 Å². The number of carbonyl (C=O) groups excluding carboxylic acids is 2. The van der Waals surface area contributed by atoms with Crippen molar-refractivity contribution in [2.45, 2.75) is 25.3 Å². The van der Waals surface area contributed by atoms with E-state index >= 15 is 0 Å². The molecule has 1 aromatic carbocycles. The van der Waals surface area contributed by atoms with Crippen LogP contribution in [0.2, 0.25) is 0 Å². The highest BCUT2D eigenvalue weighted by Gasteiger charge is 2.27. The lowest BCUT2D eigenvalue weighted by atomic mass is 10.2. The molecule has 1 amide bonds. The van der Waals surface area contributed by atoms with Crippen molar-refractivity contribution in [3.8, 4) is 11.4 Å². The van der Waals surface area contributed by atoms with Gasteiger partial charge in [-0.2, -0.15) is 0 Å². The molecule has 0 bridgehead atoms. The number of cyclic esters (lactones) is 1. The van der Waals surface area contributed by atoms with E-state index in [4.69, 9.17) is 4.74 Å². The molecular weight excluding hydrogens is 300 g/mol. The topological polar surface area (TPSA) is 106 Å². The Hall–Kier alpha value is -2.90. The molecule has 2 aromatic rings. The number of phenols is 1. The number of hydrogen-bond acceptors (Lipinski definition) is 6. The Morgan fingerprint density at radius 1 is 1.39 bits per heavy atom. The summed E-state index contributed by atoms with van der Waals surface area (Å²) >= 11 is 0. The van der Waals surface area contributed by atoms with Crippen LogP contribution in [0, 0.1) is 0 Å². The second-order valence-electron chi connectivity index (χ2n) is 5.25. The quantitative estimate of drug-likeness (QED) is 0.770. The second kappa shape index (κ2) is 6.47. The summed E-state index contributed by atoms with van der Waals surface area (Å²) in [5.41, 5.74) is 1.43. The summed E-state index contributed by atoms with van der Waals surface area (Å²) in [7, 11) is 0. The van der Waals surface area contributed by atoms with Gasteiger partial charge in [-0.3, -0.25) is 4.79 Å². The zero-order valence-electron chi connectivity index (χ0n) is 12.3. The van der Waals surface area contributed by atoms with Crippen molar-refractivity contribution in [3.63, 3.8) is 0 Å². The zero-order valence-corrected chi connectivity index (χ0v) is 12.3. The Morgan fingerprint density at radius 3 is 2.87 bits per heavy atom. The summed E-state index contributed by atoms with van der Waals surface area (Å²) in [5.74, 6) is -0.416. The number of nitrogens with one attached hydrogen (secondary N) is 1. The molecule has 8 nitrogen and oxygen atoms in total. The Labute approximate surface area is 132 Å². The molecule has 2 N–H and O–H groups in total. The highest BCUT2D eigenvalue weighted by Crippen LogP contribution is 2.13. The summed E-state index contributed by atoms with van der Waals surface area (Å²) in [6.07, 6.45) is 2.88. The number of aromatic hydroxyl groups is 1. The summed E-state index contributed by atoms with van der Waals surface area (Å²) in [6, 6.07) is 6.02. The molecule has 1 atom stereocenters. The maximum atomic E-state index is 11.8. The fourth-order valence-corrected chi connectivity index (χ4v) is 2.28. The van der Waals surface area contributed by atoms with Crippen LogP contribution in [0.25, 0.3) is 5.69 Å². The maximum absolute atomic E-state index is 11.8. The Bertz CT molecular complexity index is 711. The minimum atomic E-state index is -0.532. The number of aryl methyl sites for hydroxylation is 1. The molecule has 120 valence electrons. The van der Waals surface area contributed by atoms with Gasteiger partial charge in [0.1, 0.15) is 11.8 Å². The molecule has 0 spiro atoms. The van der Waals surface area contributed by atoms with Crippen molar-refractivity contribution >= 4 is 11.9 Å². The van der Waals surface area contributed by atoms with E-state index in [0.717, 1.165) is 5.69 Å². The highest BCUT2D eigenvalue weighted by molar-refractivity contribution is 5.85. The van der Waals surface area contributed by atoms with E-state index in [1.54, 1.807) is 35.1 Å². The molecule has 0 saturated carbocycles. The minimum absolute atomic E-state index is 0.177. The van der Waals surface area contributed by atoms with E-state index in [1.165, 1.54) is 0 Å². The van der Waals surface area contributed by atoms with Gasteiger partial charge in [0.15, 0.2) is 0 Å². The summed E-state index contributed by atoms with van der Waals surface area (Å²) in [4.78, 5) is 23.1. The first-order valence-corrected chi connectivity index (χ1v) is 7.28. The van der Waals surface area contributed by atoms with Crippen molar-refractivity contribution in [1.29, 1.82) is 0 Å². The van der Waals surface area contributed by atoms with Crippen molar-refractivity contribution in [1.82, 2.24) is 20.3 Å². The predicted molar refractivity (Wildman–Crippen MR) is 78.9 cm³/mol. The number of aromatic nitrogens is 3. The van der Waals surface area contributed by atoms with E-state index in [-0.39, 0.29) is 24.0 Å². The van der Waals surface area contributed by atoms with Gasteiger partial charge < -0.3 is 15.2 Å². The second-order valence-corrected chi connectivity index (χ2v) is 5.25. The monoisotopic (exact) mass is 316 g/mol. The number of benzene rings is 1. The number of phenolic OH excluding ortho intramolecular Hbond substituents is 1. The van der Waals surface area contributed by atoms with Gasteiger partial charge in [0.2, 0.25) is 5.91 Å². The number of hydrogen-bond donors (Lipinski definition) is 2. The fourth-order valence-electron chi connectivity index (χ4n) is 2.28. The van der Waals surface area contributed by atoms with Crippen LogP contribution in [0.3, 0.4) is 0 Å². The molecule has 1 aliphatic heterocycles. The summed E-state index contributed by atoms with van der Waals surface area (Å²) in [6.45, 7) is 0.352. The molecule has 23 heavy (non-hydrogen) atoms. The number of nitrogens with zero attached hydrogens (tertiary/aromatic N) is 3. The SMILES string of the molecule is O=C(CCc1cn(-c2ccc(O)cc2)nn1)N[C@H]1CCOC1=O. The van der Waals surface area contributed by atoms with Crippen molar-refractivity contribution in [3.05, 3.63) is 36.2 Å². The van der Waals surface area contributed by atoms with Gasteiger partial charge in [-0.25, -0.2) is 9.48 Å². The van der Waals surface area contributed by atoms with Crippen LogP contribution in [-0.4, -0.2) is 44.6 Å². The molecule has 0 unspecified atom stereocenters. The third-order valence-electron chi connectivity index (χ3n) is 3.53. The summed E-state index contributed by atoms with van der Waals surface area (Å²) in [5, 5.41) is 19.9. The van der Waals surface area contributed by atoms with Gasteiger partial charge in [0.05, 0.1) is 24.2 Å². The van der Waals surface area contributed by atoms with Crippen molar-refractivity contribution < 1.29 is 19.4 Å². The molecule has 0 radical (unpaired) electrons. The average Bonchev–Trinajstić information content (AvgIpc) is 3.16. The first-order chi connectivity index (χ1) is 11.1. The standard InChI is InChI=1S/C15H16N4O4/c20-12-4-2-11(3-5-12)19-9-10(17-18-19)1-6-14(21)16-13-7-8-23-15(13)22/h2-5,9,13,20H,1,6-8H2,(H,16,21)/t13-/m0/s1. The Balaban J connectivity index is 1.53. The van der Waals surface area contributed by atoms with E-state index in [1.807, 2.05) is 0 Å². The molecule has 8 heteroatoms. The van der Waals surface area contributed by atoms with Gasteiger partial charge >= 0.3 is 5.97 Å². The smallest absolute Gasteiger partial charge is 0.328 e.